The SMILES string of the molecule is O=C(/C=C/c1ccc(Br)s1)NCCCN1CCN(c2ncccn2)CC1. The predicted octanol–water partition coefficient (Wildman–Crippen LogP) is 2.64. The molecule has 6 nitrogen and oxygen atoms in total. The number of nitrogens with one attached hydrogen (secondary N) is 1. The summed E-state index contributed by atoms with van der Waals surface area (Å²) in [4.78, 5) is 26.1. The van der Waals surface area contributed by atoms with Crippen LogP contribution < -0.4 is 10.2 Å². The Morgan fingerprint density at radius 2 is 2.00 bits per heavy atom. The summed E-state index contributed by atoms with van der Waals surface area (Å²) in [7, 11) is 0. The number of amides is 1. The highest BCUT2D eigenvalue weighted by Crippen LogP contribution is 2.22. The number of hydrogen-bond donors (Lipinski definition) is 1. The molecule has 0 spiro atoms. The van der Waals surface area contributed by atoms with Crippen LogP contribution in [0.4, 0.5) is 5.95 Å². The van der Waals surface area contributed by atoms with E-state index in [1.165, 1.54) is 0 Å². The van der Waals surface area contributed by atoms with Crippen LogP contribution in [0.15, 0.2) is 40.5 Å². The van der Waals surface area contributed by atoms with Gasteiger partial charge < -0.3 is 10.2 Å². The van der Waals surface area contributed by atoms with Gasteiger partial charge in [0.25, 0.3) is 0 Å². The van der Waals surface area contributed by atoms with Gasteiger partial charge in [-0.1, -0.05) is 0 Å². The predicted molar refractivity (Wildman–Crippen MR) is 109 cm³/mol. The Bertz CT molecular complexity index is 728. The van der Waals surface area contributed by atoms with Crippen molar-refractivity contribution in [1.29, 1.82) is 0 Å². The summed E-state index contributed by atoms with van der Waals surface area (Å²) in [5.41, 5.74) is 0. The van der Waals surface area contributed by atoms with Gasteiger partial charge in [-0.05, 0) is 53.2 Å². The molecule has 1 aliphatic heterocycles. The van der Waals surface area contributed by atoms with Gasteiger partial charge in [-0.25, -0.2) is 9.97 Å². The first-order valence-electron chi connectivity index (χ1n) is 8.66. The third-order valence-corrected chi connectivity index (χ3v) is 5.74. The number of thiophene rings is 1. The van der Waals surface area contributed by atoms with Crippen molar-refractivity contribution in [3.8, 4) is 0 Å². The molecule has 1 amide bonds. The summed E-state index contributed by atoms with van der Waals surface area (Å²) in [6.07, 6.45) is 7.95. The van der Waals surface area contributed by atoms with E-state index in [0.29, 0.717) is 6.54 Å². The van der Waals surface area contributed by atoms with Gasteiger partial charge in [0.2, 0.25) is 11.9 Å². The van der Waals surface area contributed by atoms with Crippen molar-refractivity contribution in [3.63, 3.8) is 0 Å². The molecule has 0 radical (unpaired) electrons. The van der Waals surface area contributed by atoms with Crippen molar-refractivity contribution in [3.05, 3.63) is 45.3 Å². The van der Waals surface area contributed by atoms with Gasteiger partial charge in [0.15, 0.2) is 0 Å². The molecule has 26 heavy (non-hydrogen) atoms. The van der Waals surface area contributed by atoms with Crippen molar-refractivity contribution in [2.24, 2.45) is 0 Å². The van der Waals surface area contributed by atoms with Crippen LogP contribution in [-0.2, 0) is 4.79 Å². The Morgan fingerprint density at radius 1 is 1.23 bits per heavy atom. The van der Waals surface area contributed by atoms with Crippen LogP contribution in [-0.4, -0.2) is 60.0 Å². The second-order valence-corrected chi connectivity index (χ2v) is 8.49. The molecule has 0 bridgehead atoms. The highest BCUT2D eigenvalue weighted by atomic mass is 79.9. The molecule has 2 aromatic rings. The summed E-state index contributed by atoms with van der Waals surface area (Å²) in [6.45, 7) is 5.56. The summed E-state index contributed by atoms with van der Waals surface area (Å²) in [6, 6.07) is 5.80. The molecule has 0 aliphatic carbocycles. The summed E-state index contributed by atoms with van der Waals surface area (Å²) >= 11 is 5.02. The van der Waals surface area contributed by atoms with Crippen LogP contribution >= 0.6 is 27.3 Å². The first-order valence-corrected chi connectivity index (χ1v) is 10.3. The maximum absolute atomic E-state index is 11.8. The zero-order valence-corrected chi connectivity index (χ0v) is 16.9. The second kappa shape index (κ2) is 9.80. The number of nitrogens with zero attached hydrogens (tertiary/aromatic N) is 4. The Balaban J connectivity index is 1.30. The lowest BCUT2D eigenvalue weighted by molar-refractivity contribution is -0.116. The lowest BCUT2D eigenvalue weighted by atomic mass is 10.3. The zero-order chi connectivity index (χ0) is 18.2. The average Bonchev–Trinajstić information content (AvgIpc) is 3.10. The number of anilines is 1. The van der Waals surface area contributed by atoms with E-state index in [-0.39, 0.29) is 5.91 Å². The van der Waals surface area contributed by atoms with Gasteiger partial charge in [0, 0.05) is 56.1 Å². The van der Waals surface area contributed by atoms with Crippen molar-refractivity contribution in [2.75, 3.05) is 44.2 Å². The number of carbonyl (C=O) groups excluding carboxylic acids is 1. The monoisotopic (exact) mass is 435 g/mol. The second-order valence-electron chi connectivity index (χ2n) is 6.00. The van der Waals surface area contributed by atoms with Crippen LogP contribution in [0.25, 0.3) is 6.08 Å². The van der Waals surface area contributed by atoms with Gasteiger partial charge in [0.1, 0.15) is 0 Å². The van der Waals surface area contributed by atoms with Crippen molar-refractivity contribution < 1.29 is 4.79 Å². The van der Waals surface area contributed by atoms with E-state index in [2.05, 4.69) is 41.0 Å². The summed E-state index contributed by atoms with van der Waals surface area (Å²) in [5, 5.41) is 2.94. The minimum absolute atomic E-state index is 0.0411. The molecule has 1 saturated heterocycles. The maximum atomic E-state index is 11.8. The van der Waals surface area contributed by atoms with E-state index < -0.39 is 0 Å². The van der Waals surface area contributed by atoms with E-state index in [1.807, 2.05) is 24.3 Å². The Labute approximate surface area is 166 Å². The molecule has 2 aromatic heterocycles. The number of halogens is 1. The number of piperazine rings is 1. The fourth-order valence-corrected chi connectivity index (χ4v) is 4.10. The highest BCUT2D eigenvalue weighted by Gasteiger charge is 2.18. The molecule has 0 unspecified atom stereocenters. The minimum Gasteiger partial charge on any atom is -0.353 e. The third kappa shape index (κ3) is 5.89. The largest absolute Gasteiger partial charge is 0.353 e. The fourth-order valence-electron chi connectivity index (χ4n) is 2.77. The number of hydrogen-bond acceptors (Lipinski definition) is 6. The van der Waals surface area contributed by atoms with Gasteiger partial charge in [-0.2, -0.15) is 0 Å². The number of rotatable bonds is 7. The third-order valence-electron chi connectivity index (χ3n) is 4.15. The van der Waals surface area contributed by atoms with E-state index in [4.69, 9.17) is 0 Å². The highest BCUT2D eigenvalue weighted by molar-refractivity contribution is 9.11. The molecule has 1 fully saturated rings. The van der Waals surface area contributed by atoms with Crippen molar-refractivity contribution in [2.45, 2.75) is 6.42 Å². The number of aromatic nitrogens is 2. The molecule has 3 heterocycles. The first-order chi connectivity index (χ1) is 12.7. The fraction of sp³-hybridized carbons (Fsp3) is 0.389. The zero-order valence-electron chi connectivity index (χ0n) is 14.5. The smallest absolute Gasteiger partial charge is 0.244 e. The minimum atomic E-state index is -0.0411. The Hall–Kier alpha value is -1.77. The molecule has 0 aromatic carbocycles. The van der Waals surface area contributed by atoms with Crippen LogP contribution in [0.1, 0.15) is 11.3 Å². The molecule has 138 valence electrons. The molecular weight excluding hydrogens is 414 g/mol. The van der Waals surface area contributed by atoms with E-state index in [1.54, 1.807) is 29.8 Å². The summed E-state index contributed by atoms with van der Waals surface area (Å²) < 4.78 is 1.07. The Kier molecular flexibility index (Phi) is 7.16. The Morgan fingerprint density at radius 3 is 2.69 bits per heavy atom. The van der Waals surface area contributed by atoms with Gasteiger partial charge in [0.05, 0.1) is 3.79 Å². The van der Waals surface area contributed by atoms with E-state index >= 15 is 0 Å². The molecule has 1 aliphatic rings. The standard InChI is InChI=1S/C18H22BrN5OS/c19-16-5-3-15(26-16)4-6-17(25)20-9-2-10-23-11-13-24(14-12-23)18-21-7-1-8-22-18/h1,3-8H,2,9-14H2,(H,20,25)/b6-4+. The van der Waals surface area contributed by atoms with Crippen molar-refractivity contribution in [1.82, 2.24) is 20.2 Å². The molecule has 1 N–H and O–H groups in total. The average molecular weight is 436 g/mol. The summed E-state index contributed by atoms with van der Waals surface area (Å²) in [5.74, 6) is 0.768. The van der Waals surface area contributed by atoms with Gasteiger partial charge in [-0.15, -0.1) is 11.3 Å². The molecule has 3 rings (SSSR count). The molecule has 8 heteroatoms. The topological polar surface area (TPSA) is 61.4 Å². The normalized spacial score (nSPS) is 15.5. The first kappa shape index (κ1) is 19.0. The maximum Gasteiger partial charge on any atom is 0.244 e. The molecular formula is C18H22BrN5OS. The molecule has 0 saturated carbocycles. The molecule has 0 atom stereocenters. The quantitative estimate of drug-likeness (QED) is 0.534. The van der Waals surface area contributed by atoms with Crippen LogP contribution in [0.3, 0.4) is 0 Å². The van der Waals surface area contributed by atoms with Crippen LogP contribution in [0.2, 0.25) is 0 Å². The van der Waals surface area contributed by atoms with E-state index in [0.717, 1.165) is 53.8 Å². The van der Waals surface area contributed by atoms with Gasteiger partial charge in [-0.3, -0.25) is 9.69 Å². The van der Waals surface area contributed by atoms with Gasteiger partial charge >= 0.3 is 0 Å². The number of carbonyl (C=O) groups is 1. The van der Waals surface area contributed by atoms with Crippen LogP contribution in [0, 0.1) is 0 Å². The van der Waals surface area contributed by atoms with Crippen LogP contribution in [0.5, 0.6) is 0 Å². The van der Waals surface area contributed by atoms with Crippen molar-refractivity contribution >= 4 is 45.2 Å². The lowest BCUT2D eigenvalue weighted by Crippen LogP contribution is -2.47. The van der Waals surface area contributed by atoms with E-state index in [9.17, 15) is 4.79 Å². The lowest BCUT2D eigenvalue weighted by Gasteiger charge is -2.34.